The van der Waals surface area contributed by atoms with E-state index in [1.807, 2.05) is 54.2 Å². The number of hydrogen-bond donors (Lipinski definition) is 1. The molecule has 1 fully saturated rings. The Labute approximate surface area is 166 Å². The fraction of sp³-hybridized carbons (Fsp3) is 0.250. The van der Waals surface area contributed by atoms with E-state index in [9.17, 15) is 4.79 Å². The molecule has 0 bridgehead atoms. The quantitative estimate of drug-likeness (QED) is 0.634. The Morgan fingerprint density at radius 1 is 1.30 bits per heavy atom. The van der Waals surface area contributed by atoms with Crippen LogP contribution in [0.1, 0.15) is 24.8 Å². The average molecular weight is 400 g/mol. The summed E-state index contributed by atoms with van der Waals surface area (Å²) in [5.74, 6) is -0.811. The molecular formula is C20H18ClN3O2S. The van der Waals surface area contributed by atoms with Crippen molar-refractivity contribution in [3.05, 3.63) is 59.4 Å². The molecule has 0 amide bonds. The van der Waals surface area contributed by atoms with Crippen LogP contribution in [-0.2, 0) is 11.3 Å². The molecule has 3 aromatic rings. The molecular weight excluding hydrogens is 382 g/mol. The van der Waals surface area contributed by atoms with E-state index in [0.29, 0.717) is 5.02 Å². The van der Waals surface area contributed by atoms with Crippen molar-refractivity contribution in [2.24, 2.45) is 5.92 Å². The average Bonchev–Trinajstić information content (AvgIpc) is 3.38. The molecule has 2 atom stereocenters. The Morgan fingerprint density at radius 2 is 2.07 bits per heavy atom. The summed E-state index contributed by atoms with van der Waals surface area (Å²) in [6.07, 6.45) is 4.38. The van der Waals surface area contributed by atoms with Crippen LogP contribution in [0.2, 0.25) is 5.02 Å². The lowest BCUT2D eigenvalue weighted by molar-refractivity contribution is -0.138. The summed E-state index contributed by atoms with van der Waals surface area (Å²) >= 11 is 7.47. The molecule has 1 aliphatic rings. The molecule has 1 saturated carbocycles. The molecule has 2 aromatic heterocycles. The molecule has 1 aliphatic carbocycles. The number of carboxylic acids is 1. The van der Waals surface area contributed by atoms with Gasteiger partial charge in [-0.05, 0) is 37.0 Å². The molecule has 1 aromatic carbocycles. The standard InChI is InChI=1S/C20H18ClN3O2S/c1-2-24-11-17(27-18-8-7-14(21)10-22-18)19(23-24)13-5-3-12(4-6-13)15-9-16(15)20(25)26/h3-8,10-11,15-16H,2,9H2,1H3,(H,25,26). The number of benzene rings is 1. The third-order valence-corrected chi connectivity index (χ3v) is 5.88. The lowest BCUT2D eigenvalue weighted by Crippen LogP contribution is -1.98. The van der Waals surface area contributed by atoms with Crippen LogP contribution >= 0.6 is 23.4 Å². The van der Waals surface area contributed by atoms with Gasteiger partial charge in [-0.1, -0.05) is 47.6 Å². The zero-order chi connectivity index (χ0) is 19.0. The normalized spacial score (nSPS) is 18.4. The second-order valence-corrected chi connectivity index (χ2v) is 8.02. The monoisotopic (exact) mass is 399 g/mol. The topological polar surface area (TPSA) is 68.0 Å². The highest BCUT2D eigenvalue weighted by atomic mass is 35.5. The number of carbonyl (C=O) groups is 1. The van der Waals surface area contributed by atoms with Gasteiger partial charge in [0.25, 0.3) is 0 Å². The van der Waals surface area contributed by atoms with Crippen LogP contribution in [0, 0.1) is 5.92 Å². The minimum Gasteiger partial charge on any atom is -0.481 e. The molecule has 2 heterocycles. The predicted octanol–water partition coefficient (Wildman–Crippen LogP) is 4.96. The van der Waals surface area contributed by atoms with Crippen molar-refractivity contribution < 1.29 is 9.90 Å². The van der Waals surface area contributed by atoms with Gasteiger partial charge in [-0.15, -0.1) is 0 Å². The van der Waals surface area contributed by atoms with Crippen LogP contribution in [-0.4, -0.2) is 25.8 Å². The first-order valence-electron chi connectivity index (χ1n) is 8.75. The number of carboxylic acid groups (broad SMARTS) is 1. The number of aromatic nitrogens is 3. The predicted molar refractivity (Wildman–Crippen MR) is 105 cm³/mol. The number of rotatable bonds is 6. The summed E-state index contributed by atoms with van der Waals surface area (Å²) in [4.78, 5) is 16.5. The van der Waals surface area contributed by atoms with Gasteiger partial charge in [-0.25, -0.2) is 4.98 Å². The lowest BCUT2D eigenvalue weighted by Gasteiger charge is -2.04. The van der Waals surface area contributed by atoms with E-state index in [1.165, 1.54) is 0 Å². The summed E-state index contributed by atoms with van der Waals surface area (Å²) in [5, 5.41) is 15.3. The Kier molecular flexibility index (Phi) is 4.93. The van der Waals surface area contributed by atoms with Gasteiger partial charge >= 0.3 is 5.97 Å². The first-order valence-corrected chi connectivity index (χ1v) is 9.94. The molecule has 2 unspecified atom stereocenters. The summed E-state index contributed by atoms with van der Waals surface area (Å²) < 4.78 is 1.91. The van der Waals surface area contributed by atoms with E-state index in [0.717, 1.165) is 39.7 Å². The maximum atomic E-state index is 11.1. The van der Waals surface area contributed by atoms with Crippen molar-refractivity contribution in [1.29, 1.82) is 0 Å². The van der Waals surface area contributed by atoms with Crippen LogP contribution in [0.4, 0.5) is 0 Å². The maximum absolute atomic E-state index is 11.1. The van der Waals surface area contributed by atoms with Gasteiger partial charge in [-0.2, -0.15) is 5.10 Å². The zero-order valence-corrected chi connectivity index (χ0v) is 16.2. The molecule has 0 aliphatic heterocycles. The van der Waals surface area contributed by atoms with Crippen molar-refractivity contribution in [2.45, 2.75) is 35.7 Å². The van der Waals surface area contributed by atoms with Gasteiger partial charge in [-0.3, -0.25) is 9.48 Å². The van der Waals surface area contributed by atoms with Gasteiger partial charge in [0.15, 0.2) is 0 Å². The van der Waals surface area contributed by atoms with Gasteiger partial charge in [0.2, 0.25) is 0 Å². The van der Waals surface area contributed by atoms with Crippen molar-refractivity contribution in [3.8, 4) is 11.3 Å². The van der Waals surface area contributed by atoms with Crippen molar-refractivity contribution in [2.75, 3.05) is 0 Å². The zero-order valence-electron chi connectivity index (χ0n) is 14.7. The summed E-state index contributed by atoms with van der Waals surface area (Å²) in [5.41, 5.74) is 2.99. The summed E-state index contributed by atoms with van der Waals surface area (Å²) in [7, 11) is 0. The molecule has 138 valence electrons. The number of aliphatic carboxylic acids is 1. The van der Waals surface area contributed by atoms with E-state index in [1.54, 1.807) is 18.0 Å². The van der Waals surface area contributed by atoms with Crippen LogP contribution in [0.25, 0.3) is 11.3 Å². The molecule has 0 saturated heterocycles. The highest BCUT2D eigenvalue weighted by Crippen LogP contribution is 2.48. The van der Waals surface area contributed by atoms with E-state index in [-0.39, 0.29) is 11.8 Å². The van der Waals surface area contributed by atoms with Crippen LogP contribution in [0.5, 0.6) is 0 Å². The highest BCUT2D eigenvalue weighted by Gasteiger charge is 2.44. The first-order chi connectivity index (χ1) is 13.0. The van der Waals surface area contributed by atoms with Gasteiger partial charge < -0.3 is 5.11 Å². The lowest BCUT2D eigenvalue weighted by atomic mass is 10.1. The van der Waals surface area contributed by atoms with Crippen LogP contribution in [0.3, 0.4) is 0 Å². The molecule has 0 radical (unpaired) electrons. The number of nitrogens with zero attached hydrogens (tertiary/aromatic N) is 3. The van der Waals surface area contributed by atoms with E-state index >= 15 is 0 Å². The Hall–Kier alpha value is -2.31. The van der Waals surface area contributed by atoms with Gasteiger partial charge in [0.1, 0.15) is 10.7 Å². The van der Waals surface area contributed by atoms with Crippen molar-refractivity contribution >= 4 is 29.3 Å². The smallest absolute Gasteiger partial charge is 0.307 e. The summed E-state index contributed by atoms with van der Waals surface area (Å²) in [6.45, 7) is 2.83. The molecule has 27 heavy (non-hydrogen) atoms. The molecule has 1 N–H and O–H groups in total. The first kappa shape index (κ1) is 18.1. The van der Waals surface area contributed by atoms with E-state index in [4.69, 9.17) is 21.8 Å². The third-order valence-electron chi connectivity index (χ3n) is 4.69. The third kappa shape index (κ3) is 3.87. The van der Waals surface area contributed by atoms with E-state index in [2.05, 4.69) is 4.98 Å². The summed E-state index contributed by atoms with van der Waals surface area (Å²) in [6, 6.07) is 11.8. The Balaban J connectivity index is 1.60. The van der Waals surface area contributed by atoms with Crippen molar-refractivity contribution in [1.82, 2.24) is 14.8 Å². The minimum atomic E-state index is -0.708. The molecule has 0 spiro atoms. The van der Waals surface area contributed by atoms with E-state index < -0.39 is 5.97 Å². The van der Waals surface area contributed by atoms with Crippen LogP contribution in [0.15, 0.2) is 58.7 Å². The Morgan fingerprint density at radius 3 is 2.67 bits per heavy atom. The number of pyridine rings is 1. The van der Waals surface area contributed by atoms with Gasteiger partial charge in [0.05, 0.1) is 15.8 Å². The fourth-order valence-electron chi connectivity index (χ4n) is 3.10. The SMILES string of the molecule is CCn1cc(Sc2ccc(Cl)cn2)c(-c2ccc(C3CC3C(=O)O)cc2)n1. The fourth-order valence-corrected chi connectivity index (χ4v) is 4.11. The van der Waals surface area contributed by atoms with Gasteiger partial charge in [0, 0.05) is 24.5 Å². The second kappa shape index (κ2) is 7.37. The Bertz CT molecular complexity index is 970. The molecule has 7 heteroatoms. The molecule has 4 rings (SSSR count). The largest absolute Gasteiger partial charge is 0.481 e. The number of aryl methyl sites for hydroxylation is 1. The highest BCUT2D eigenvalue weighted by molar-refractivity contribution is 7.99. The minimum absolute atomic E-state index is 0.136. The number of hydrogen-bond acceptors (Lipinski definition) is 4. The van der Waals surface area contributed by atoms with Crippen molar-refractivity contribution in [3.63, 3.8) is 0 Å². The number of halogens is 1. The molecule has 5 nitrogen and oxygen atoms in total. The van der Waals surface area contributed by atoms with Crippen LogP contribution < -0.4 is 0 Å². The second-order valence-electron chi connectivity index (χ2n) is 6.52. The maximum Gasteiger partial charge on any atom is 0.307 e.